The molecular weight excluding hydrogens is 345 g/mol. The van der Waals surface area contributed by atoms with Crippen molar-refractivity contribution in [3.05, 3.63) is 53.6 Å². The van der Waals surface area contributed by atoms with Crippen molar-refractivity contribution in [2.45, 2.75) is 19.5 Å². The lowest BCUT2D eigenvalue weighted by molar-refractivity contribution is -0.137. The minimum atomic E-state index is -4.51. The molecule has 26 heavy (non-hydrogen) atoms. The summed E-state index contributed by atoms with van der Waals surface area (Å²) in [6.07, 6.45) is -3.81. The fourth-order valence-corrected chi connectivity index (χ4v) is 2.26. The van der Waals surface area contributed by atoms with Crippen LogP contribution in [0.4, 0.5) is 24.5 Å². The number of carbonyl (C=O) groups excluding carboxylic acids is 1. The van der Waals surface area contributed by atoms with Crippen LogP contribution >= 0.6 is 0 Å². The van der Waals surface area contributed by atoms with E-state index in [1.165, 1.54) is 6.07 Å². The highest BCUT2D eigenvalue weighted by atomic mass is 19.4. The predicted octanol–water partition coefficient (Wildman–Crippen LogP) is 4.81. The Morgan fingerprint density at radius 2 is 1.88 bits per heavy atom. The zero-order valence-electron chi connectivity index (χ0n) is 14.9. The quantitative estimate of drug-likeness (QED) is 0.797. The van der Waals surface area contributed by atoms with Crippen molar-refractivity contribution in [1.29, 1.82) is 0 Å². The summed E-state index contributed by atoms with van der Waals surface area (Å²) in [7, 11) is 3.67. The van der Waals surface area contributed by atoms with Gasteiger partial charge in [0.1, 0.15) is 5.75 Å². The maximum absolute atomic E-state index is 13.0. The molecule has 140 valence electrons. The maximum Gasteiger partial charge on any atom is 0.416 e. The van der Waals surface area contributed by atoms with E-state index in [9.17, 15) is 18.0 Å². The van der Waals surface area contributed by atoms with Gasteiger partial charge in [0.15, 0.2) is 0 Å². The molecule has 0 aliphatic heterocycles. The molecule has 0 aliphatic rings. The monoisotopic (exact) mass is 366 g/mol. The molecule has 2 aromatic rings. The number of ether oxygens (including phenoxy) is 1. The zero-order valence-corrected chi connectivity index (χ0v) is 14.9. The molecule has 0 saturated heterocycles. The molecule has 0 spiro atoms. The Bertz CT molecular complexity index is 774. The van der Waals surface area contributed by atoms with Gasteiger partial charge in [0.2, 0.25) is 0 Å². The molecular formula is C19H21F3N2O2. The van der Waals surface area contributed by atoms with Gasteiger partial charge in [-0.25, -0.2) is 0 Å². The zero-order chi connectivity index (χ0) is 19.3. The first kappa shape index (κ1) is 19.6. The largest absolute Gasteiger partial charge is 0.491 e. The van der Waals surface area contributed by atoms with Crippen molar-refractivity contribution in [2.24, 2.45) is 0 Å². The highest BCUT2D eigenvalue weighted by Gasteiger charge is 2.31. The second kappa shape index (κ2) is 8.12. The molecule has 0 aliphatic carbocycles. The Morgan fingerprint density at radius 1 is 1.15 bits per heavy atom. The van der Waals surface area contributed by atoms with Crippen molar-refractivity contribution < 1.29 is 22.7 Å². The summed E-state index contributed by atoms with van der Waals surface area (Å²) in [4.78, 5) is 14.3. The van der Waals surface area contributed by atoms with Crippen LogP contribution in [0.3, 0.4) is 0 Å². The number of halogens is 3. The van der Waals surface area contributed by atoms with Gasteiger partial charge < -0.3 is 15.0 Å². The van der Waals surface area contributed by atoms with Crippen molar-refractivity contribution >= 4 is 17.3 Å². The molecule has 0 fully saturated rings. The summed E-state index contributed by atoms with van der Waals surface area (Å²) >= 11 is 0. The van der Waals surface area contributed by atoms with Crippen molar-refractivity contribution in [3.63, 3.8) is 0 Å². The van der Waals surface area contributed by atoms with Crippen LogP contribution in [0, 0.1) is 0 Å². The highest BCUT2D eigenvalue weighted by Crippen LogP contribution is 2.35. The summed E-state index contributed by atoms with van der Waals surface area (Å²) in [5.74, 6) is -0.300. The third-order valence-electron chi connectivity index (χ3n) is 3.64. The summed E-state index contributed by atoms with van der Waals surface area (Å²) in [5, 5.41) is 2.53. The molecule has 0 radical (unpaired) electrons. The lowest BCUT2D eigenvalue weighted by Gasteiger charge is -2.16. The van der Waals surface area contributed by atoms with Crippen LogP contribution < -0.4 is 15.0 Å². The van der Waals surface area contributed by atoms with E-state index >= 15 is 0 Å². The number of hydrogen-bond donors (Lipinski definition) is 1. The fourth-order valence-electron chi connectivity index (χ4n) is 2.26. The van der Waals surface area contributed by atoms with Gasteiger partial charge in [-0.2, -0.15) is 13.2 Å². The predicted molar refractivity (Wildman–Crippen MR) is 96.0 cm³/mol. The summed E-state index contributed by atoms with van der Waals surface area (Å²) in [5.41, 5.74) is 0.298. The van der Waals surface area contributed by atoms with E-state index in [0.29, 0.717) is 18.6 Å². The third-order valence-corrected chi connectivity index (χ3v) is 3.64. The van der Waals surface area contributed by atoms with Crippen LogP contribution in [-0.4, -0.2) is 26.6 Å². The number of carbonyl (C=O) groups is 1. The molecule has 0 heterocycles. The Hall–Kier alpha value is -2.70. The molecule has 0 unspecified atom stereocenters. The second-order valence-corrected chi connectivity index (χ2v) is 5.96. The summed E-state index contributed by atoms with van der Waals surface area (Å²) < 4.78 is 44.4. The smallest absolute Gasteiger partial charge is 0.416 e. The Morgan fingerprint density at radius 3 is 2.50 bits per heavy atom. The van der Waals surface area contributed by atoms with E-state index in [1.807, 2.05) is 32.0 Å². The second-order valence-electron chi connectivity index (χ2n) is 5.96. The average Bonchev–Trinajstić information content (AvgIpc) is 2.59. The van der Waals surface area contributed by atoms with Crippen molar-refractivity contribution in [1.82, 2.24) is 0 Å². The lowest BCUT2D eigenvalue weighted by atomic mass is 10.1. The van der Waals surface area contributed by atoms with E-state index in [0.717, 1.165) is 17.8 Å². The molecule has 0 atom stereocenters. The number of rotatable bonds is 6. The van der Waals surface area contributed by atoms with Gasteiger partial charge in [-0.1, -0.05) is 13.0 Å². The number of nitrogens with zero attached hydrogens (tertiary/aromatic N) is 1. The van der Waals surface area contributed by atoms with Crippen LogP contribution in [0.2, 0.25) is 0 Å². The van der Waals surface area contributed by atoms with Gasteiger partial charge in [0.05, 0.1) is 17.9 Å². The van der Waals surface area contributed by atoms with E-state index in [-0.39, 0.29) is 11.4 Å². The number of hydrogen-bond acceptors (Lipinski definition) is 3. The standard InChI is InChI=1S/C19H21F3N2O2/c1-4-10-26-17-9-8-14(19(20,21)22)12-16(17)23-18(25)13-6-5-7-15(11-13)24(2)3/h5-9,11-12H,4,10H2,1-3H3,(H,23,25). The summed E-state index contributed by atoms with van der Waals surface area (Å²) in [6, 6.07) is 9.86. The van der Waals surface area contributed by atoms with Gasteiger partial charge in [0.25, 0.3) is 5.91 Å². The van der Waals surface area contributed by atoms with E-state index < -0.39 is 17.6 Å². The fraction of sp³-hybridized carbons (Fsp3) is 0.316. The van der Waals surface area contributed by atoms with Crippen LogP contribution in [-0.2, 0) is 6.18 Å². The molecule has 1 N–H and O–H groups in total. The minimum Gasteiger partial charge on any atom is -0.491 e. The Kier molecular flexibility index (Phi) is 6.13. The number of benzene rings is 2. The Balaban J connectivity index is 2.33. The van der Waals surface area contributed by atoms with Gasteiger partial charge in [-0.05, 0) is 42.8 Å². The molecule has 0 saturated carbocycles. The van der Waals surface area contributed by atoms with Gasteiger partial charge in [0, 0.05) is 25.3 Å². The molecule has 0 bridgehead atoms. The normalized spacial score (nSPS) is 11.2. The van der Waals surface area contributed by atoms with Crippen molar-refractivity contribution in [2.75, 3.05) is 30.9 Å². The van der Waals surface area contributed by atoms with Gasteiger partial charge >= 0.3 is 6.18 Å². The lowest BCUT2D eigenvalue weighted by Crippen LogP contribution is -2.16. The summed E-state index contributed by atoms with van der Waals surface area (Å²) in [6.45, 7) is 2.22. The first-order valence-corrected chi connectivity index (χ1v) is 8.15. The van der Waals surface area contributed by atoms with Crippen LogP contribution in [0.15, 0.2) is 42.5 Å². The van der Waals surface area contributed by atoms with Crippen LogP contribution in [0.1, 0.15) is 29.3 Å². The van der Waals surface area contributed by atoms with E-state index in [2.05, 4.69) is 5.32 Å². The SMILES string of the molecule is CCCOc1ccc(C(F)(F)F)cc1NC(=O)c1cccc(N(C)C)c1. The molecule has 7 heteroatoms. The first-order chi connectivity index (χ1) is 12.2. The number of anilines is 2. The minimum absolute atomic E-state index is 0.00599. The Labute approximate surface area is 150 Å². The number of alkyl halides is 3. The maximum atomic E-state index is 13.0. The van der Waals surface area contributed by atoms with Crippen LogP contribution in [0.5, 0.6) is 5.75 Å². The van der Waals surface area contributed by atoms with Gasteiger partial charge in [-0.3, -0.25) is 4.79 Å². The first-order valence-electron chi connectivity index (χ1n) is 8.15. The molecule has 1 amide bonds. The number of amides is 1. The van der Waals surface area contributed by atoms with E-state index in [4.69, 9.17) is 4.74 Å². The van der Waals surface area contributed by atoms with Crippen LogP contribution in [0.25, 0.3) is 0 Å². The molecule has 2 aromatic carbocycles. The molecule has 0 aromatic heterocycles. The highest BCUT2D eigenvalue weighted by molar-refractivity contribution is 6.05. The van der Waals surface area contributed by atoms with E-state index in [1.54, 1.807) is 18.2 Å². The average molecular weight is 366 g/mol. The number of nitrogens with one attached hydrogen (secondary N) is 1. The molecule has 2 rings (SSSR count). The third kappa shape index (κ3) is 4.91. The van der Waals surface area contributed by atoms with Crippen molar-refractivity contribution in [3.8, 4) is 5.75 Å². The molecule has 4 nitrogen and oxygen atoms in total. The van der Waals surface area contributed by atoms with Gasteiger partial charge in [-0.15, -0.1) is 0 Å². The topological polar surface area (TPSA) is 41.6 Å².